The van der Waals surface area contributed by atoms with Crippen LogP contribution < -0.4 is 5.73 Å². The van der Waals surface area contributed by atoms with Crippen molar-refractivity contribution in [3.8, 4) is 0 Å². The van der Waals surface area contributed by atoms with E-state index in [1.165, 1.54) is 25.7 Å². The number of hydrogen-bond acceptors (Lipinski definition) is 5. The maximum atomic E-state index is 6.06. The summed E-state index contributed by atoms with van der Waals surface area (Å²) in [4.78, 5) is 11.5. The summed E-state index contributed by atoms with van der Waals surface area (Å²) in [6.07, 6.45) is 4.88. The first-order valence-corrected chi connectivity index (χ1v) is 8.07. The highest BCUT2D eigenvalue weighted by atomic mass is 79.9. The van der Waals surface area contributed by atoms with Crippen LogP contribution in [0, 0.1) is 0 Å². The van der Waals surface area contributed by atoms with E-state index in [1.54, 1.807) is 0 Å². The Labute approximate surface area is 128 Å². The van der Waals surface area contributed by atoms with Crippen molar-refractivity contribution in [3.63, 3.8) is 0 Å². The molecule has 1 atom stereocenters. The molecule has 0 radical (unpaired) electrons. The molecule has 3 rings (SSSR count). The third-order valence-electron chi connectivity index (χ3n) is 4.22. The van der Waals surface area contributed by atoms with Crippen molar-refractivity contribution >= 4 is 21.7 Å². The molecule has 1 saturated heterocycles. The number of hydrogen-bond donors (Lipinski definition) is 1. The van der Waals surface area contributed by atoms with Gasteiger partial charge in [0.1, 0.15) is 11.9 Å². The van der Waals surface area contributed by atoms with E-state index >= 15 is 0 Å². The second-order valence-corrected chi connectivity index (χ2v) is 6.56. The van der Waals surface area contributed by atoms with Gasteiger partial charge >= 0.3 is 0 Å². The molecule has 5 nitrogen and oxygen atoms in total. The maximum absolute atomic E-state index is 6.06. The van der Waals surface area contributed by atoms with Gasteiger partial charge < -0.3 is 15.4 Å². The summed E-state index contributed by atoms with van der Waals surface area (Å²) >= 11 is 3.56. The highest BCUT2D eigenvalue weighted by molar-refractivity contribution is 9.10. The zero-order chi connectivity index (χ0) is 14.1. The molecule has 6 heteroatoms. The van der Waals surface area contributed by atoms with E-state index in [2.05, 4.69) is 32.9 Å². The number of nitrogen functional groups attached to an aromatic ring is 1. The molecule has 0 amide bonds. The van der Waals surface area contributed by atoms with Crippen LogP contribution in [0.1, 0.15) is 49.2 Å². The first-order valence-electron chi connectivity index (χ1n) is 7.28. The van der Waals surface area contributed by atoms with Gasteiger partial charge in [-0.05, 0) is 35.8 Å². The molecule has 1 aliphatic heterocycles. The van der Waals surface area contributed by atoms with Gasteiger partial charge in [0, 0.05) is 19.0 Å². The smallest absolute Gasteiger partial charge is 0.161 e. The van der Waals surface area contributed by atoms with Gasteiger partial charge in [-0.25, -0.2) is 9.97 Å². The van der Waals surface area contributed by atoms with Gasteiger partial charge in [-0.2, -0.15) is 0 Å². The lowest BCUT2D eigenvalue weighted by Gasteiger charge is -2.29. The van der Waals surface area contributed by atoms with E-state index in [-0.39, 0.29) is 6.10 Å². The van der Waals surface area contributed by atoms with Gasteiger partial charge in [0.15, 0.2) is 5.82 Å². The minimum atomic E-state index is -0.0655. The van der Waals surface area contributed by atoms with Gasteiger partial charge in [-0.15, -0.1) is 0 Å². The van der Waals surface area contributed by atoms with Crippen molar-refractivity contribution in [2.45, 2.75) is 37.7 Å². The Morgan fingerprint density at radius 3 is 2.75 bits per heavy atom. The molecule has 0 spiro atoms. The van der Waals surface area contributed by atoms with E-state index in [1.807, 2.05) is 0 Å². The summed E-state index contributed by atoms with van der Waals surface area (Å²) in [7, 11) is 2.09. The molecular weight excluding hydrogens is 320 g/mol. The SMILES string of the molecule is CN1CCOC(c2nc(N)c(Br)c(C3CCCC3)n2)C1. The molecule has 2 aliphatic rings. The predicted molar refractivity (Wildman–Crippen MR) is 81.5 cm³/mol. The second kappa shape index (κ2) is 5.95. The quantitative estimate of drug-likeness (QED) is 0.895. The summed E-state index contributed by atoms with van der Waals surface area (Å²) < 4.78 is 6.68. The molecule has 1 unspecified atom stereocenters. The molecular formula is C14H21BrN4O. The van der Waals surface area contributed by atoms with Gasteiger partial charge in [-0.3, -0.25) is 0 Å². The fourth-order valence-corrected chi connectivity index (χ4v) is 3.55. The molecule has 0 bridgehead atoms. The molecule has 20 heavy (non-hydrogen) atoms. The summed E-state index contributed by atoms with van der Waals surface area (Å²) in [5, 5.41) is 0. The lowest BCUT2D eigenvalue weighted by molar-refractivity contribution is -0.0255. The molecule has 110 valence electrons. The fourth-order valence-electron chi connectivity index (χ4n) is 3.05. The molecule has 1 aromatic rings. The van der Waals surface area contributed by atoms with Crippen LogP contribution in [0.5, 0.6) is 0 Å². The van der Waals surface area contributed by atoms with Crippen molar-refractivity contribution in [2.24, 2.45) is 0 Å². The Bertz CT molecular complexity index is 490. The number of morpholine rings is 1. The molecule has 1 aromatic heterocycles. The van der Waals surface area contributed by atoms with Gasteiger partial charge in [0.25, 0.3) is 0 Å². The number of nitrogens with two attached hydrogens (primary N) is 1. The number of nitrogens with zero attached hydrogens (tertiary/aromatic N) is 3. The Morgan fingerprint density at radius 2 is 2.05 bits per heavy atom. The van der Waals surface area contributed by atoms with E-state index in [0.29, 0.717) is 11.7 Å². The van der Waals surface area contributed by atoms with E-state index in [9.17, 15) is 0 Å². The number of anilines is 1. The van der Waals surface area contributed by atoms with Gasteiger partial charge in [0.2, 0.25) is 0 Å². The third-order valence-corrected chi connectivity index (χ3v) is 5.03. The van der Waals surface area contributed by atoms with E-state index in [4.69, 9.17) is 15.5 Å². The first kappa shape index (κ1) is 14.2. The number of aromatic nitrogens is 2. The molecule has 2 heterocycles. The maximum Gasteiger partial charge on any atom is 0.161 e. The van der Waals surface area contributed by atoms with E-state index < -0.39 is 0 Å². The fraction of sp³-hybridized carbons (Fsp3) is 0.714. The Morgan fingerprint density at radius 1 is 1.30 bits per heavy atom. The Balaban J connectivity index is 1.91. The van der Waals surface area contributed by atoms with Gasteiger partial charge in [0.05, 0.1) is 16.8 Å². The van der Waals surface area contributed by atoms with Crippen molar-refractivity contribution in [3.05, 3.63) is 16.0 Å². The average Bonchev–Trinajstić information content (AvgIpc) is 2.95. The summed E-state index contributed by atoms with van der Waals surface area (Å²) in [6.45, 7) is 2.50. The molecule has 2 fully saturated rings. The van der Waals surface area contributed by atoms with Crippen LogP contribution in [0.15, 0.2) is 4.47 Å². The van der Waals surface area contributed by atoms with Gasteiger partial charge in [-0.1, -0.05) is 12.8 Å². The van der Waals surface area contributed by atoms with Crippen molar-refractivity contribution in [1.29, 1.82) is 0 Å². The number of ether oxygens (including phenoxy) is 1. The van der Waals surface area contributed by atoms with Crippen molar-refractivity contribution in [1.82, 2.24) is 14.9 Å². The standard InChI is InChI=1S/C14H21BrN4O/c1-19-6-7-20-10(8-19)14-17-12(9-4-2-3-5-9)11(15)13(16)18-14/h9-10H,2-8H2,1H3,(H2,16,17,18). The Kier molecular flexibility index (Phi) is 4.23. The highest BCUT2D eigenvalue weighted by Crippen LogP contribution is 2.38. The molecule has 2 N–H and O–H groups in total. The lowest BCUT2D eigenvalue weighted by atomic mass is 10.0. The molecule has 1 aliphatic carbocycles. The molecule has 0 aromatic carbocycles. The van der Waals surface area contributed by atoms with Crippen LogP contribution >= 0.6 is 15.9 Å². The summed E-state index contributed by atoms with van der Waals surface area (Å²) in [5.41, 5.74) is 7.13. The topological polar surface area (TPSA) is 64.3 Å². The van der Waals surface area contributed by atoms with Crippen LogP contribution in [0.25, 0.3) is 0 Å². The second-order valence-electron chi connectivity index (χ2n) is 5.77. The normalized spacial score (nSPS) is 25.2. The average molecular weight is 341 g/mol. The van der Waals surface area contributed by atoms with Crippen LogP contribution in [0.3, 0.4) is 0 Å². The minimum absolute atomic E-state index is 0.0655. The number of halogens is 1. The monoisotopic (exact) mass is 340 g/mol. The zero-order valence-corrected chi connectivity index (χ0v) is 13.4. The third kappa shape index (κ3) is 2.82. The highest BCUT2D eigenvalue weighted by Gasteiger charge is 2.27. The van der Waals surface area contributed by atoms with Crippen LogP contribution in [-0.4, -0.2) is 41.6 Å². The van der Waals surface area contributed by atoms with Crippen LogP contribution in [0.4, 0.5) is 5.82 Å². The molecule has 1 saturated carbocycles. The summed E-state index contributed by atoms with van der Waals surface area (Å²) in [6, 6.07) is 0. The predicted octanol–water partition coefficient (Wildman–Crippen LogP) is 2.48. The zero-order valence-electron chi connectivity index (χ0n) is 11.8. The Hall–Kier alpha value is -0.720. The number of rotatable bonds is 2. The van der Waals surface area contributed by atoms with Crippen LogP contribution in [0.2, 0.25) is 0 Å². The lowest BCUT2D eigenvalue weighted by Crippen LogP contribution is -2.36. The largest absolute Gasteiger partial charge is 0.383 e. The summed E-state index contributed by atoms with van der Waals surface area (Å²) in [5.74, 6) is 1.78. The van der Waals surface area contributed by atoms with Crippen molar-refractivity contribution < 1.29 is 4.74 Å². The number of likely N-dealkylation sites (N-methyl/N-ethyl adjacent to an activating group) is 1. The first-order chi connectivity index (χ1) is 9.65. The van der Waals surface area contributed by atoms with Crippen molar-refractivity contribution in [2.75, 3.05) is 32.5 Å². The minimum Gasteiger partial charge on any atom is -0.383 e. The van der Waals surface area contributed by atoms with Crippen LogP contribution in [-0.2, 0) is 4.74 Å². The van der Waals surface area contributed by atoms with E-state index in [0.717, 1.165) is 35.7 Å².